The minimum Gasteiger partial charge on any atom is -0.496 e. The van der Waals surface area contributed by atoms with Gasteiger partial charge in [0.25, 0.3) is 5.91 Å². The van der Waals surface area contributed by atoms with E-state index >= 15 is 0 Å². The van der Waals surface area contributed by atoms with E-state index in [4.69, 9.17) is 16.3 Å². The van der Waals surface area contributed by atoms with E-state index < -0.39 is 0 Å². The van der Waals surface area contributed by atoms with E-state index in [0.29, 0.717) is 34.3 Å². The van der Waals surface area contributed by atoms with Crippen LogP contribution in [0.1, 0.15) is 59.1 Å². The summed E-state index contributed by atoms with van der Waals surface area (Å²) in [5, 5.41) is 3.76. The fourth-order valence-electron chi connectivity index (χ4n) is 6.42. The third-order valence-electron chi connectivity index (χ3n) is 8.54. The highest BCUT2D eigenvalue weighted by Crippen LogP contribution is 2.41. The molecule has 1 amide bonds. The SMILES string of the molecule is CNC1CCC(N(Cc2cc(-c3cc(C)cc(C)c3)ccc2OC)C(=O)C2=C(Cl)c3c(C)ccc(F)c3C2)CC1. The molecule has 5 rings (SSSR count). The van der Waals surface area contributed by atoms with Gasteiger partial charge in [-0.1, -0.05) is 53.1 Å². The molecule has 0 heterocycles. The van der Waals surface area contributed by atoms with Gasteiger partial charge in [0, 0.05) is 47.3 Å². The molecule has 0 bridgehead atoms. The molecule has 210 valence electrons. The largest absolute Gasteiger partial charge is 0.496 e. The summed E-state index contributed by atoms with van der Waals surface area (Å²) in [6.07, 6.45) is 3.97. The van der Waals surface area contributed by atoms with Gasteiger partial charge < -0.3 is 15.0 Å². The molecule has 1 fully saturated rings. The fraction of sp³-hybridized carbons (Fsp3) is 0.382. The predicted molar refractivity (Wildman–Crippen MR) is 161 cm³/mol. The number of benzene rings is 3. The van der Waals surface area contributed by atoms with Crippen LogP contribution in [0.25, 0.3) is 16.2 Å². The number of ether oxygens (including phenoxy) is 1. The molecule has 2 aliphatic carbocycles. The molecular weight excluding hydrogens is 523 g/mol. The first-order valence-electron chi connectivity index (χ1n) is 14.1. The van der Waals surface area contributed by atoms with E-state index in [0.717, 1.165) is 53.7 Å². The van der Waals surface area contributed by atoms with Crippen LogP contribution in [0.4, 0.5) is 4.39 Å². The van der Waals surface area contributed by atoms with Crippen molar-refractivity contribution in [2.24, 2.45) is 0 Å². The highest BCUT2D eigenvalue weighted by Gasteiger charge is 2.35. The monoisotopic (exact) mass is 560 g/mol. The number of methoxy groups -OCH3 is 1. The van der Waals surface area contributed by atoms with E-state index in [1.807, 2.05) is 24.9 Å². The van der Waals surface area contributed by atoms with Crippen molar-refractivity contribution in [2.45, 2.75) is 71.5 Å². The quantitative estimate of drug-likeness (QED) is 0.325. The normalized spacial score (nSPS) is 18.6. The molecular formula is C34H38ClFN2O2. The molecule has 0 spiro atoms. The van der Waals surface area contributed by atoms with Crippen molar-refractivity contribution >= 4 is 22.5 Å². The Hall–Kier alpha value is -3.15. The number of fused-ring (bicyclic) bond motifs is 1. The van der Waals surface area contributed by atoms with E-state index in [2.05, 4.69) is 49.5 Å². The summed E-state index contributed by atoms with van der Waals surface area (Å²) in [4.78, 5) is 16.3. The maximum Gasteiger partial charge on any atom is 0.252 e. The first-order chi connectivity index (χ1) is 19.2. The number of rotatable bonds is 7. The van der Waals surface area contributed by atoms with Crippen molar-refractivity contribution in [2.75, 3.05) is 14.2 Å². The van der Waals surface area contributed by atoms with Gasteiger partial charge in [-0.05, 0) is 88.4 Å². The van der Waals surface area contributed by atoms with Crippen molar-refractivity contribution in [3.63, 3.8) is 0 Å². The first kappa shape index (κ1) is 28.4. The van der Waals surface area contributed by atoms with Crippen molar-refractivity contribution in [1.82, 2.24) is 10.2 Å². The van der Waals surface area contributed by atoms with E-state index in [9.17, 15) is 9.18 Å². The Morgan fingerprint density at radius 2 is 1.70 bits per heavy atom. The van der Waals surface area contributed by atoms with Crippen LogP contribution in [0.5, 0.6) is 5.75 Å². The van der Waals surface area contributed by atoms with Crippen LogP contribution in [0.2, 0.25) is 0 Å². The van der Waals surface area contributed by atoms with Crippen LogP contribution >= 0.6 is 11.6 Å². The van der Waals surface area contributed by atoms with Gasteiger partial charge in [0.2, 0.25) is 0 Å². The highest BCUT2D eigenvalue weighted by molar-refractivity contribution is 6.52. The summed E-state index contributed by atoms with van der Waals surface area (Å²) < 4.78 is 20.6. The molecule has 2 aliphatic rings. The minimum absolute atomic E-state index is 0.0540. The lowest BCUT2D eigenvalue weighted by molar-refractivity contribution is -0.130. The Morgan fingerprint density at radius 3 is 2.33 bits per heavy atom. The van der Waals surface area contributed by atoms with Crippen LogP contribution in [0, 0.1) is 26.6 Å². The number of nitrogens with one attached hydrogen (secondary N) is 1. The number of hydrogen-bond acceptors (Lipinski definition) is 3. The molecule has 0 aromatic heterocycles. The van der Waals surface area contributed by atoms with Crippen LogP contribution in [-0.2, 0) is 17.8 Å². The van der Waals surface area contributed by atoms with Gasteiger partial charge in [-0.2, -0.15) is 0 Å². The summed E-state index contributed by atoms with van der Waals surface area (Å²) in [5.41, 5.74) is 8.11. The average Bonchev–Trinajstić information content (AvgIpc) is 3.31. The Kier molecular flexibility index (Phi) is 8.34. The lowest BCUT2D eigenvalue weighted by Gasteiger charge is -2.37. The number of carbonyl (C=O) groups excluding carboxylic acids is 1. The first-order valence-corrected chi connectivity index (χ1v) is 14.5. The van der Waals surface area contributed by atoms with Gasteiger partial charge in [0.15, 0.2) is 0 Å². The van der Waals surface area contributed by atoms with Gasteiger partial charge in [0.05, 0.1) is 12.1 Å². The fourth-order valence-corrected chi connectivity index (χ4v) is 6.83. The molecule has 0 aliphatic heterocycles. The molecule has 6 heteroatoms. The number of amides is 1. The van der Waals surface area contributed by atoms with Crippen LogP contribution < -0.4 is 10.1 Å². The molecule has 40 heavy (non-hydrogen) atoms. The zero-order valence-electron chi connectivity index (χ0n) is 24.0. The highest BCUT2D eigenvalue weighted by atomic mass is 35.5. The van der Waals surface area contributed by atoms with E-state index in [1.54, 1.807) is 13.2 Å². The number of halogens is 2. The van der Waals surface area contributed by atoms with Gasteiger partial charge >= 0.3 is 0 Å². The minimum atomic E-state index is -0.314. The lowest BCUT2D eigenvalue weighted by Crippen LogP contribution is -2.45. The molecule has 0 atom stereocenters. The van der Waals surface area contributed by atoms with E-state index in [-0.39, 0.29) is 24.2 Å². The van der Waals surface area contributed by atoms with Crippen molar-refractivity contribution in [3.8, 4) is 16.9 Å². The summed E-state index contributed by atoms with van der Waals surface area (Å²) >= 11 is 6.84. The molecule has 4 nitrogen and oxygen atoms in total. The summed E-state index contributed by atoms with van der Waals surface area (Å²) in [6.45, 7) is 6.50. The van der Waals surface area contributed by atoms with Gasteiger partial charge in [-0.15, -0.1) is 0 Å². The average molecular weight is 561 g/mol. The zero-order valence-corrected chi connectivity index (χ0v) is 24.8. The van der Waals surface area contributed by atoms with Crippen molar-refractivity contribution < 1.29 is 13.9 Å². The van der Waals surface area contributed by atoms with Crippen LogP contribution in [0.3, 0.4) is 0 Å². The Balaban J connectivity index is 1.53. The van der Waals surface area contributed by atoms with Crippen molar-refractivity contribution in [1.29, 1.82) is 0 Å². The second-order valence-electron chi connectivity index (χ2n) is 11.3. The summed E-state index contributed by atoms with van der Waals surface area (Å²) in [6, 6.07) is 16.4. The zero-order chi connectivity index (χ0) is 28.6. The Bertz CT molecular complexity index is 1450. The molecule has 1 saturated carbocycles. The molecule has 3 aromatic rings. The maximum absolute atomic E-state index is 14.8. The van der Waals surface area contributed by atoms with E-state index in [1.165, 1.54) is 17.2 Å². The molecule has 0 saturated heterocycles. The summed E-state index contributed by atoms with van der Waals surface area (Å²) in [5.74, 6) is 0.309. The number of carbonyl (C=O) groups is 1. The number of hydrogen-bond donors (Lipinski definition) is 1. The smallest absolute Gasteiger partial charge is 0.252 e. The third kappa shape index (κ3) is 5.55. The summed E-state index contributed by atoms with van der Waals surface area (Å²) in [7, 11) is 3.66. The second kappa shape index (κ2) is 11.8. The Labute approximate surface area is 242 Å². The van der Waals surface area contributed by atoms with Crippen LogP contribution in [0.15, 0.2) is 54.1 Å². The Morgan fingerprint density at radius 1 is 1.00 bits per heavy atom. The molecule has 1 N–H and O–H groups in total. The molecule has 0 radical (unpaired) electrons. The molecule has 3 aromatic carbocycles. The van der Waals surface area contributed by atoms with Crippen molar-refractivity contribution in [3.05, 3.63) is 93.3 Å². The topological polar surface area (TPSA) is 41.6 Å². The second-order valence-corrected chi connectivity index (χ2v) is 11.7. The lowest BCUT2D eigenvalue weighted by atomic mass is 9.89. The van der Waals surface area contributed by atoms with Gasteiger partial charge in [-0.3, -0.25) is 4.79 Å². The number of aryl methyl sites for hydroxylation is 3. The van der Waals surface area contributed by atoms with Crippen LogP contribution in [-0.4, -0.2) is 37.0 Å². The third-order valence-corrected chi connectivity index (χ3v) is 8.96. The van der Waals surface area contributed by atoms with Gasteiger partial charge in [0.1, 0.15) is 11.6 Å². The number of nitrogens with zero attached hydrogens (tertiary/aromatic N) is 1. The standard InChI is InChI=1S/C34H38ClFN2O2/c1-20-14-21(2)16-24(15-20)23-7-13-31(40-5)25(17-23)19-38(27-10-8-26(37-4)9-11-27)34(39)29-18-28-30(36)12-6-22(3)32(28)33(29)35/h6-7,12-17,26-27,37H,8-11,18-19H2,1-5H3. The maximum atomic E-state index is 14.8. The predicted octanol–water partition coefficient (Wildman–Crippen LogP) is 7.49. The molecule has 0 unspecified atom stereocenters. The van der Waals surface area contributed by atoms with Gasteiger partial charge in [-0.25, -0.2) is 4.39 Å².